The molecule has 5 heteroatoms. The number of halogens is 3. The van der Waals surface area contributed by atoms with Gasteiger partial charge >= 0.3 is 0 Å². The Balaban J connectivity index is 2.37. The first-order valence-corrected chi connectivity index (χ1v) is 7.05. The van der Waals surface area contributed by atoms with Gasteiger partial charge in [-0.2, -0.15) is 0 Å². The van der Waals surface area contributed by atoms with Gasteiger partial charge in [-0.15, -0.1) is 0 Å². The van der Waals surface area contributed by atoms with Crippen molar-refractivity contribution in [2.24, 2.45) is 5.73 Å². The van der Waals surface area contributed by atoms with E-state index < -0.39 is 29.1 Å². The molecule has 1 atom stereocenters. The Morgan fingerprint density at radius 3 is 2.40 bits per heavy atom. The van der Waals surface area contributed by atoms with Gasteiger partial charge < -0.3 is 10.5 Å². The molecule has 0 aliphatic heterocycles. The highest BCUT2D eigenvalue weighted by Crippen LogP contribution is 2.41. The van der Waals surface area contributed by atoms with Crippen molar-refractivity contribution in [3.63, 3.8) is 0 Å². The van der Waals surface area contributed by atoms with Crippen molar-refractivity contribution in [2.45, 2.75) is 50.7 Å². The molecule has 1 fully saturated rings. The molecule has 1 aliphatic carbocycles. The number of hydrogen-bond donors (Lipinski definition) is 1. The maximum absolute atomic E-state index is 13.9. The summed E-state index contributed by atoms with van der Waals surface area (Å²) in [5.74, 6) is -3.88. The highest BCUT2D eigenvalue weighted by Gasteiger charge is 2.41. The summed E-state index contributed by atoms with van der Waals surface area (Å²) in [4.78, 5) is 0. The summed E-state index contributed by atoms with van der Waals surface area (Å²) < 4.78 is 46.1. The number of benzene rings is 1. The molecule has 0 radical (unpaired) electrons. The van der Waals surface area contributed by atoms with E-state index in [0.717, 1.165) is 25.3 Å². The third kappa shape index (κ3) is 2.69. The Labute approximate surface area is 117 Å². The van der Waals surface area contributed by atoms with Crippen LogP contribution in [0.15, 0.2) is 12.1 Å². The summed E-state index contributed by atoms with van der Waals surface area (Å²) in [6, 6.07) is 1.34. The minimum Gasteiger partial charge on any atom is -0.373 e. The van der Waals surface area contributed by atoms with E-state index in [1.165, 1.54) is 6.07 Å². The topological polar surface area (TPSA) is 35.2 Å². The monoisotopic (exact) mass is 287 g/mol. The highest BCUT2D eigenvalue weighted by atomic mass is 19.2. The first kappa shape index (κ1) is 15.3. The molecule has 2 N–H and O–H groups in total. The van der Waals surface area contributed by atoms with Crippen molar-refractivity contribution in [3.8, 4) is 0 Å². The van der Waals surface area contributed by atoms with Crippen LogP contribution in [-0.4, -0.2) is 12.2 Å². The Bertz CT molecular complexity index is 467. The fraction of sp³-hybridized carbons (Fsp3) is 0.600. The van der Waals surface area contributed by atoms with Gasteiger partial charge in [-0.05, 0) is 25.8 Å². The molecule has 0 saturated heterocycles. The molecular formula is C15H20F3NO. The van der Waals surface area contributed by atoms with E-state index in [1.807, 2.05) is 6.92 Å². The number of rotatable bonds is 4. The van der Waals surface area contributed by atoms with Crippen LogP contribution in [0.25, 0.3) is 0 Å². The zero-order valence-corrected chi connectivity index (χ0v) is 11.6. The maximum atomic E-state index is 13.9. The molecule has 2 rings (SSSR count). The van der Waals surface area contributed by atoms with Crippen molar-refractivity contribution >= 4 is 0 Å². The van der Waals surface area contributed by atoms with Gasteiger partial charge in [0, 0.05) is 12.2 Å². The molecule has 0 spiro atoms. The van der Waals surface area contributed by atoms with E-state index in [1.54, 1.807) is 0 Å². The lowest BCUT2D eigenvalue weighted by Crippen LogP contribution is -2.46. The summed E-state index contributed by atoms with van der Waals surface area (Å²) in [5, 5.41) is 0. The van der Waals surface area contributed by atoms with Crippen molar-refractivity contribution in [3.05, 3.63) is 35.1 Å². The number of nitrogens with two attached hydrogens (primary N) is 1. The van der Waals surface area contributed by atoms with E-state index in [2.05, 4.69) is 0 Å². The van der Waals surface area contributed by atoms with E-state index >= 15 is 0 Å². The van der Waals surface area contributed by atoms with Crippen molar-refractivity contribution in [1.82, 2.24) is 0 Å². The summed E-state index contributed by atoms with van der Waals surface area (Å²) in [7, 11) is 0. The molecule has 20 heavy (non-hydrogen) atoms. The quantitative estimate of drug-likeness (QED) is 0.854. The largest absolute Gasteiger partial charge is 0.373 e. The van der Waals surface area contributed by atoms with Crippen LogP contribution in [0.2, 0.25) is 0 Å². The Morgan fingerprint density at radius 2 is 1.80 bits per heavy atom. The smallest absolute Gasteiger partial charge is 0.194 e. The lowest BCUT2D eigenvalue weighted by atomic mass is 9.77. The van der Waals surface area contributed by atoms with Gasteiger partial charge in [0.2, 0.25) is 0 Å². The second kappa shape index (κ2) is 6.14. The van der Waals surface area contributed by atoms with Crippen molar-refractivity contribution < 1.29 is 17.9 Å². The molecule has 2 nitrogen and oxygen atoms in total. The van der Waals surface area contributed by atoms with Crippen LogP contribution in [0.5, 0.6) is 0 Å². The molecule has 112 valence electrons. The van der Waals surface area contributed by atoms with E-state index in [-0.39, 0.29) is 5.56 Å². The van der Waals surface area contributed by atoms with Gasteiger partial charge in [0.05, 0.1) is 11.6 Å². The molecule has 0 amide bonds. The normalized spacial score (nSPS) is 19.9. The minimum absolute atomic E-state index is 0.0146. The van der Waals surface area contributed by atoms with Crippen molar-refractivity contribution in [1.29, 1.82) is 0 Å². The summed E-state index contributed by atoms with van der Waals surface area (Å²) in [6.07, 6.45) is 4.39. The van der Waals surface area contributed by atoms with E-state index in [9.17, 15) is 13.2 Å². The Morgan fingerprint density at radius 1 is 1.15 bits per heavy atom. The highest BCUT2D eigenvalue weighted by molar-refractivity contribution is 5.26. The zero-order valence-electron chi connectivity index (χ0n) is 11.6. The molecule has 1 unspecified atom stereocenters. The fourth-order valence-electron chi connectivity index (χ4n) is 3.05. The molecule has 1 aliphatic rings. The fourth-order valence-corrected chi connectivity index (χ4v) is 3.05. The molecule has 1 aromatic rings. The van der Waals surface area contributed by atoms with Crippen LogP contribution in [0.3, 0.4) is 0 Å². The first-order chi connectivity index (χ1) is 9.52. The molecular weight excluding hydrogens is 267 g/mol. The Hall–Kier alpha value is -1.07. The third-order valence-corrected chi connectivity index (χ3v) is 4.10. The van der Waals surface area contributed by atoms with Gasteiger partial charge in [-0.1, -0.05) is 25.3 Å². The summed E-state index contributed by atoms with van der Waals surface area (Å²) in [6.45, 7) is 2.31. The second-order valence-corrected chi connectivity index (χ2v) is 5.30. The van der Waals surface area contributed by atoms with Crippen LogP contribution >= 0.6 is 0 Å². The molecule has 1 aromatic carbocycles. The second-order valence-electron chi connectivity index (χ2n) is 5.30. The zero-order chi connectivity index (χ0) is 14.8. The predicted octanol–water partition coefficient (Wildman–Crippen LogP) is 3.84. The maximum Gasteiger partial charge on any atom is 0.194 e. The number of ether oxygens (including phenoxy) is 1. The van der Waals surface area contributed by atoms with Crippen LogP contribution in [0.1, 0.15) is 50.6 Å². The van der Waals surface area contributed by atoms with Crippen LogP contribution in [-0.2, 0) is 4.74 Å². The standard InChI is InChI=1S/C15H20F3NO/c1-2-20-15(8-4-3-5-9-15)14(19)10-6-7-11(16)13(18)12(10)17/h6-7,14H,2-5,8-9,19H2,1H3. The third-order valence-electron chi connectivity index (χ3n) is 4.10. The van der Waals surface area contributed by atoms with Crippen LogP contribution < -0.4 is 5.73 Å². The lowest BCUT2D eigenvalue weighted by molar-refractivity contribution is -0.0837. The average Bonchev–Trinajstić information content (AvgIpc) is 2.46. The first-order valence-electron chi connectivity index (χ1n) is 7.05. The van der Waals surface area contributed by atoms with E-state index in [4.69, 9.17) is 10.5 Å². The molecule has 1 saturated carbocycles. The molecule has 0 aromatic heterocycles. The Kier molecular flexibility index (Phi) is 4.70. The van der Waals surface area contributed by atoms with Crippen LogP contribution in [0, 0.1) is 17.5 Å². The van der Waals surface area contributed by atoms with Crippen LogP contribution in [0.4, 0.5) is 13.2 Å². The van der Waals surface area contributed by atoms with Gasteiger partial charge in [0.25, 0.3) is 0 Å². The lowest BCUT2D eigenvalue weighted by Gasteiger charge is -2.41. The van der Waals surface area contributed by atoms with Gasteiger partial charge in [-0.25, -0.2) is 13.2 Å². The van der Waals surface area contributed by atoms with Crippen molar-refractivity contribution in [2.75, 3.05) is 6.61 Å². The minimum atomic E-state index is -1.47. The molecule has 0 heterocycles. The average molecular weight is 287 g/mol. The number of hydrogen-bond acceptors (Lipinski definition) is 2. The van der Waals surface area contributed by atoms with Gasteiger partial charge in [0.15, 0.2) is 17.5 Å². The SMILES string of the molecule is CCOC1(C(N)c2ccc(F)c(F)c2F)CCCCC1. The predicted molar refractivity (Wildman–Crippen MR) is 70.7 cm³/mol. The van der Waals surface area contributed by atoms with E-state index in [0.29, 0.717) is 19.4 Å². The summed E-state index contributed by atoms with van der Waals surface area (Å²) in [5.41, 5.74) is 5.46. The van der Waals surface area contributed by atoms with Gasteiger partial charge in [0.1, 0.15) is 0 Å². The molecule has 0 bridgehead atoms. The van der Waals surface area contributed by atoms with Gasteiger partial charge in [-0.3, -0.25) is 0 Å². The summed E-state index contributed by atoms with van der Waals surface area (Å²) >= 11 is 0.